The van der Waals surface area contributed by atoms with Gasteiger partial charge in [-0.25, -0.2) is 9.59 Å². The molecule has 0 aromatic heterocycles. The molecule has 0 spiro atoms. The van der Waals surface area contributed by atoms with Crippen LogP contribution >= 0.6 is 0 Å². The van der Waals surface area contributed by atoms with Crippen molar-refractivity contribution in [3.63, 3.8) is 0 Å². The maximum Gasteiger partial charge on any atom is 0.335 e. The van der Waals surface area contributed by atoms with Crippen LogP contribution in [0.4, 0.5) is 0 Å². The summed E-state index contributed by atoms with van der Waals surface area (Å²) in [6.45, 7) is 0. The second kappa shape index (κ2) is 4.92. The van der Waals surface area contributed by atoms with Crippen molar-refractivity contribution < 1.29 is 19.8 Å². The van der Waals surface area contributed by atoms with Crippen molar-refractivity contribution in [2.24, 2.45) is 0 Å². The Hall–Kier alpha value is -0.957. The molecule has 67 valence electrons. The molecule has 0 aliphatic heterocycles. The fourth-order valence-electron chi connectivity index (χ4n) is 0.785. The Balaban J connectivity index is 0.00000144. The number of rotatable bonds is 2. The van der Waals surface area contributed by atoms with Crippen LogP contribution in [0.25, 0.3) is 0 Å². The van der Waals surface area contributed by atoms with Gasteiger partial charge in [0.2, 0.25) is 0 Å². The molecule has 1 aromatic rings. The molecular formula is C8H6BiO4. The first-order chi connectivity index (χ1) is 5.61. The number of hydrogen-bond donors (Lipinski definition) is 2. The maximum absolute atomic E-state index is 10.4. The summed E-state index contributed by atoms with van der Waals surface area (Å²) < 4.78 is 0. The maximum atomic E-state index is 10.4. The van der Waals surface area contributed by atoms with Crippen LogP contribution in [-0.4, -0.2) is 48.4 Å². The van der Waals surface area contributed by atoms with Crippen LogP contribution < -0.4 is 0 Å². The molecule has 0 atom stereocenters. The monoisotopic (exact) mass is 375 g/mol. The van der Waals surface area contributed by atoms with E-state index in [1.54, 1.807) is 0 Å². The molecule has 1 aromatic carbocycles. The van der Waals surface area contributed by atoms with Crippen molar-refractivity contribution in [3.8, 4) is 0 Å². The molecule has 5 heteroatoms. The van der Waals surface area contributed by atoms with Crippen molar-refractivity contribution in [3.05, 3.63) is 35.4 Å². The zero-order valence-electron chi connectivity index (χ0n) is 6.47. The van der Waals surface area contributed by atoms with Gasteiger partial charge in [-0.15, -0.1) is 0 Å². The van der Waals surface area contributed by atoms with Crippen molar-refractivity contribution in [2.75, 3.05) is 0 Å². The van der Waals surface area contributed by atoms with Gasteiger partial charge in [0.05, 0.1) is 11.1 Å². The quantitative estimate of drug-likeness (QED) is 0.747. The summed E-state index contributed by atoms with van der Waals surface area (Å²) in [5, 5.41) is 17.0. The zero-order chi connectivity index (χ0) is 9.14. The molecule has 0 aliphatic carbocycles. The predicted octanol–water partition coefficient (Wildman–Crippen LogP) is 0.702. The van der Waals surface area contributed by atoms with Crippen LogP contribution in [0.15, 0.2) is 24.3 Å². The number of benzene rings is 1. The van der Waals surface area contributed by atoms with Crippen LogP contribution in [0.1, 0.15) is 20.7 Å². The van der Waals surface area contributed by atoms with E-state index in [2.05, 4.69) is 0 Å². The largest absolute Gasteiger partial charge is 0.478 e. The van der Waals surface area contributed by atoms with E-state index in [1.165, 1.54) is 18.2 Å². The molecule has 0 saturated heterocycles. The van der Waals surface area contributed by atoms with Gasteiger partial charge in [-0.2, -0.15) is 0 Å². The molecule has 13 heavy (non-hydrogen) atoms. The number of carboxylic acid groups (broad SMARTS) is 2. The van der Waals surface area contributed by atoms with Crippen LogP contribution in [0.3, 0.4) is 0 Å². The molecule has 0 fully saturated rings. The van der Waals surface area contributed by atoms with E-state index in [-0.39, 0.29) is 37.3 Å². The van der Waals surface area contributed by atoms with Crippen LogP contribution in [0.5, 0.6) is 0 Å². The average Bonchev–Trinajstić information content (AvgIpc) is 2.04. The Morgan fingerprint density at radius 3 is 1.69 bits per heavy atom. The zero-order valence-corrected chi connectivity index (χ0v) is 9.94. The first-order valence-electron chi connectivity index (χ1n) is 3.18. The molecule has 2 N–H and O–H groups in total. The van der Waals surface area contributed by atoms with Gasteiger partial charge in [-0.1, -0.05) is 6.07 Å². The Morgan fingerprint density at radius 1 is 1.00 bits per heavy atom. The molecule has 3 radical (unpaired) electrons. The Morgan fingerprint density at radius 2 is 1.38 bits per heavy atom. The van der Waals surface area contributed by atoms with Crippen LogP contribution in [-0.2, 0) is 0 Å². The van der Waals surface area contributed by atoms with Gasteiger partial charge in [-0.3, -0.25) is 0 Å². The number of aromatic carboxylic acids is 2. The minimum absolute atomic E-state index is 0. The van der Waals surface area contributed by atoms with Gasteiger partial charge in [0.1, 0.15) is 0 Å². The summed E-state index contributed by atoms with van der Waals surface area (Å²) in [6.07, 6.45) is 0. The second-order valence-corrected chi connectivity index (χ2v) is 2.19. The third-order valence-corrected chi connectivity index (χ3v) is 1.36. The third-order valence-electron chi connectivity index (χ3n) is 1.36. The van der Waals surface area contributed by atoms with E-state index >= 15 is 0 Å². The number of carbonyl (C=O) groups is 2. The van der Waals surface area contributed by atoms with Crippen molar-refractivity contribution in [1.82, 2.24) is 0 Å². The normalized spacial score (nSPS) is 8.62. The molecule has 0 heterocycles. The number of hydrogen-bond acceptors (Lipinski definition) is 2. The molecule has 0 aliphatic rings. The topological polar surface area (TPSA) is 74.6 Å². The van der Waals surface area contributed by atoms with Gasteiger partial charge in [0.25, 0.3) is 0 Å². The molecule has 0 bridgehead atoms. The first-order valence-corrected chi connectivity index (χ1v) is 3.18. The Kier molecular flexibility index (Phi) is 4.56. The van der Waals surface area contributed by atoms with Crippen LogP contribution in [0.2, 0.25) is 0 Å². The van der Waals surface area contributed by atoms with Crippen LogP contribution in [0, 0.1) is 0 Å². The van der Waals surface area contributed by atoms with Gasteiger partial charge >= 0.3 is 11.9 Å². The summed E-state index contributed by atoms with van der Waals surface area (Å²) in [5.74, 6) is -2.25. The molecular weight excluding hydrogens is 369 g/mol. The summed E-state index contributed by atoms with van der Waals surface area (Å²) in [6, 6.07) is 5.20. The predicted molar refractivity (Wildman–Crippen MR) is 46.1 cm³/mol. The van der Waals surface area contributed by atoms with E-state index in [0.29, 0.717) is 0 Å². The van der Waals surface area contributed by atoms with E-state index in [9.17, 15) is 9.59 Å². The summed E-state index contributed by atoms with van der Waals surface area (Å²) in [4.78, 5) is 20.8. The first kappa shape index (κ1) is 12.0. The Bertz CT molecular complexity index is 305. The SMILES string of the molecule is O=C(O)c1cccc(C(=O)O)c1.[Bi]. The summed E-state index contributed by atoms with van der Waals surface area (Å²) >= 11 is 0. The van der Waals surface area contributed by atoms with Crippen molar-refractivity contribution >= 4 is 38.1 Å². The fraction of sp³-hybridized carbons (Fsp3) is 0. The van der Waals surface area contributed by atoms with E-state index in [1.807, 2.05) is 0 Å². The number of carboxylic acids is 2. The summed E-state index contributed by atoms with van der Waals surface area (Å²) in [7, 11) is 0. The van der Waals surface area contributed by atoms with Gasteiger partial charge in [0, 0.05) is 26.2 Å². The molecule has 1 rings (SSSR count). The molecule has 0 amide bonds. The van der Waals surface area contributed by atoms with Crippen molar-refractivity contribution in [1.29, 1.82) is 0 Å². The fourth-order valence-corrected chi connectivity index (χ4v) is 0.785. The van der Waals surface area contributed by atoms with Gasteiger partial charge in [0.15, 0.2) is 0 Å². The minimum Gasteiger partial charge on any atom is -0.478 e. The second-order valence-electron chi connectivity index (χ2n) is 2.19. The van der Waals surface area contributed by atoms with E-state index in [4.69, 9.17) is 10.2 Å². The molecule has 0 saturated carbocycles. The van der Waals surface area contributed by atoms with Gasteiger partial charge < -0.3 is 10.2 Å². The smallest absolute Gasteiger partial charge is 0.335 e. The van der Waals surface area contributed by atoms with E-state index in [0.717, 1.165) is 6.07 Å². The third kappa shape index (κ3) is 3.11. The summed E-state index contributed by atoms with van der Waals surface area (Å²) in [5.41, 5.74) is -0.0372. The molecule has 0 unspecified atom stereocenters. The Labute approximate surface area is 93.3 Å². The minimum atomic E-state index is -1.13. The van der Waals surface area contributed by atoms with Crippen molar-refractivity contribution in [2.45, 2.75) is 0 Å². The average molecular weight is 375 g/mol. The van der Waals surface area contributed by atoms with E-state index < -0.39 is 11.9 Å². The molecule has 4 nitrogen and oxygen atoms in total. The van der Waals surface area contributed by atoms with Gasteiger partial charge in [-0.05, 0) is 18.2 Å². The standard InChI is InChI=1S/C8H6O4.Bi/c9-7(10)5-2-1-3-6(4-5)8(11)12;/h1-4H,(H,9,10)(H,11,12);.